The fourth-order valence-electron chi connectivity index (χ4n) is 1.28. The highest BCUT2D eigenvalue weighted by Crippen LogP contribution is 2.25. The van der Waals surface area contributed by atoms with Gasteiger partial charge in [-0.1, -0.05) is 6.07 Å². The number of benzene rings is 1. The number of imidazole rings is 1. The highest BCUT2D eigenvalue weighted by Gasteiger charge is 2.06. The Hall–Kier alpha value is -1.49. The fourth-order valence-corrected chi connectivity index (χ4v) is 1.74. The van der Waals surface area contributed by atoms with Gasteiger partial charge in [0.2, 0.25) is 0 Å². The molecule has 5 heteroatoms. The van der Waals surface area contributed by atoms with E-state index in [1.165, 1.54) is 0 Å². The van der Waals surface area contributed by atoms with Crippen molar-refractivity contribution in [1.29, 1.82) is 0 Å². The zero-order valence-corrected chi connectivity index (χ0v) is 10.6. The summed E-state index contributed by atoms with van der Waals surface area (Å²) in [6.07, 6.45) is 1.83. The second kappa shape index (κ2) is 4.57. The van der Waals surface area contributed by atoms with Crippen LogP contribution in [0.2, 0.25) is 0 Å². The second-order valence-electron chi connectivity index (χ2n) is 3.24. The monoisotopic (exact) mass is 282 g/mol. The Kier molecular flexibility index (Phi) is 3.14. The molecule has 0 bridgehead atoms. The number of aryl methyl sites for hydroxylation is 1. The SMILES string of the molecule is COc1cccc(Oc2nc(Br)cn2C)c1. The third-order valence-corrected chi connectivity index (χ3v) is 2.44. The standard InChI is InChI=1S/C11H11BrN2O2/c1-14-7-10(12)13-11(14)16-9-5-3-4-8(6-9)15-2/h3-7H,1-2H3. The van der Waals surface area contributed by atoms with Gasteiger partial charge in [0.15, 0.2) is 0 Å². The summed E-state index contributed by atoms with van der Waals surface area (Å²) in [6.45, 7) is 0. The number of halogens is 1. The number of hydrogen-bond acceptors (Lipinski definition) is 3. The van der Waals surface area contributed by atoms with Crippen LogP contribution in [0.15, 0.2) is 35.1 Å². The molecule has 0 radical (unpaired) electrons. The lowest BCUT2D eigenvalue weighted by molar-refractivity contribution is 0.399. The summed E-state index contributed by atoms with van der Waals surface area (Å²) in [7, 11) is 3.49. The van der Waals surface area contributed by atoms with E-state index in [0.29, 0.717) is 11.8 Å². The van der Waals surface area contributed by atoms with Crippen LogP contribution in [0.3, 0.4) is 0 Å². The van der Waals surface area contributed by atoms with Gasteiger partial charge in [-0.2, -0.15) is 4.98 Å². The molecule has 84 valence electrons. The summed E-state index contributed by atoms with van der Waals surface area (Å²) >= 11 is 3.29. The maximum atomic E-state index is 5.61. The van der Waals surface area contributed by atoms with Crippen LogP contribution in [0.1, 0.15) is 0 Å². The molecule has 1 aromatic carbocycles. The average molecular weight is 283 g/mol. The van der Waals surface area contributed by atoms with E-state index in [1.54, 1.807) is 11.7 Å². The molecule has 0 aliphatic carbocycles. The molecule has 0 amide bonds. The van der Waals surface area contributed by atoms with E-state index in [0.717, 1.165) is 10.4 Å². The van der Waals surface area contributed by atoms with Gasteiger partial charge in [-0.3, -0.25) is 0 Å². The van der Waals surface area contributed by atoms with Gasteiger partial charge >= 0.3 is 6.01 Å². The Morgan fingerprint density at radius 1 is 1.31 bits per heavy atom. The summed E-state index contributed by atoms with van der Waals surface area (Å²) in [5, 5.41) is 0. The quantitative estimate of drug-likeness (QED) is 0.868. The van der Waals surface area contributed by atoms with Crippen molar-refractivity contribution in [2.45, 2.75) is 0 Å². The molecular weight excluding hydrogens is 272 g/mol. The Morgan fingerprint density at radius 3 is 2.69 bits per heavy atom. The van der Waals surface area contributed by atoms with E-state index < -0.39 is 0 Å². The van der Waals surface area contributed by atoms with E-state index in [-0.39, 0.29) is 0 Å². The van der Waals surface area contributed by atoms with E-state index in [9.17, 15) is 0 Å². The molecule has 0 unspecified atom stereocenters. The van der Waals surface area contributed by atoms with Gasteiger partial charge in [0.05, 0.1) is 7.11 Å². The number of rotatable bonds is 3. The van der Waals surface area contributed by atoms with E-state index >= 15 is 0 Å². The van der Waals surface area contributed by atoms with Crippen molar-refractivity contribution in [2.24, 2.45) is 7.05 Å². The molecule has 0 atom stereocenters. The number of aromatic nitrogens is 2. The topological polar surface area (TPSA) is 36.3 Å². The highest BCUT2D eigenvalue weighted by molar-refractivity contribution is 9.10. The minimum Gasteiger partial charge on any atom is -0.497 e. The van der Waals surface area contributed by atoms with Crippen molar-refractivity contribution in [3.05, 3.63) is 35.1 Å². The minimum absolute atomic E-state index is 0.528. The zero-order valence-electron chi connectivity index (χ0n) is 8.98. The van der Waals surface area contributed by atoms with Crippen LogP contribution in [-0.4, -0.2) is 16.7 Å². The molecule has 0 fully saturated rings. The van der Waals surface area contributed by atoms with Gasteiger partial charge in [0.25, 0.3) is 0 Å². The lowest BCUT2D eigenvalue weighted by Crippen LogP contribution is -1.93. The van der Waals surface area contributed by atoms with Gasteiger partial charge < -0.3 is 14.0 Å². The van der Waals surface area contributed by atoms with Crippen molar-refractivity contribution in [3.8, 4) is 17.5 Å². The van der Waals surface area contributed by atoms with Gasteiger partial charge in [0.1, 0.15) is 16.1 Å². The van der Waals surface area contributed by atoms with Gasteiger partial charge in [-0.15, -0.1) is 0 Å². The zero-order chi connectivity index (χ0) is 11.5. The third-order valence-electron chi connectivity index (χ3n) is 2.05. The lowest BCUT2D eigenvalue weighted by atomic mass is 10.3. The molecule has 1 aromatic heterocycles. The van der Waals surface area contributed by atoms with Crippen LogP contribution >= 0.6 is 15.9 Å². The first-order valence-electron chi connectivity index (χ1n) is 4.70. The van der Waals surface area contributed by atoms with E-state index in [1.807, 2.05) is 37.5 Å². The molecule has 2 rings (SSSR count). The minimum atomic E-state index is 0.528. The maximum Gasteiger partial charge on any atom is 0.302 e. The average Bonchev–Trinajstić information content (AvgIpc) is 2.58. The summed E-state index contributed by atoms with van der Waals surface area (Å²) in [5.41, 5.74) is 0. The summed E-state index contributed by atoms with van der Waals surface area (Å²) in [4.78, 5) is 4.18. The first-order chi connectivity index (χ1) is 7.69. The van der Waals surface area contributed by atoms with Crippen LogP contribution in [0.4, 0.5) is 0 Å². The Morgan fingerprint density at radius 2 is 2.06 bits per heavy atom. The molecule has 0 aliphatic rings. The molecular formula is C11H11BrN2O2. The van der Waals surface area contributed by atoms with Crippen LogP contribution in [0, 0.1) is 0 Å². The molecule has 2 aromatic rings. The second-order valence-corrected chi connectivity index (χ2v) is 4.05. The first-order valence-corrected chi connectivity index (χ1v) is 5.49. The van der Waals surface area contributed by atoms with Crippen LogP contribution in [0.5, 0.6) is 17.5 Å². The van der Waals surface area contributed by atoms with E-state index in [2.05, 4.69) is 20.9 Å². The predicted molar refractivity (Wildman–Crippen MR) is 64.0 cm³/mol. The summed E-state index contributed by atoms with van der Waals surface area (Å²) in [6, 6.07) is 7.92. The summed E-state index contributed by atoms with van der Waals surface area (Å²) in [5.74, 6) is 1.45. The molecule has 4 nitrogen and oxygen atoms in total. The molecule has 0 spiro atoms. The number of nitrogens with zero attached hydrogens (tertiary/aromatic N) is 2. The maximum absolute atomic E-state index is 5.61. The van der Waals surface area contributed by atoms with Crippen molar-refractivity contribution >= 4 is 15.9 Å². The Labute approximate surface area is 102 Å². The van der Waals surface area contributed by atoms with Crippen molar-refractivity contribution in [2.75, 3.05) is 7.11 Å². The number of ether oxygens (including phenoxy) is 2. The normalized spacial score (nSPS) is 10.2. The predicted octanol–water partition coefficient (Wildman–Crippen LogP) is 2.98. The third kappa shape index (κ3) is 2.36. The fraction of sp³-hybridized carbons (Fsp3) is 0.182. The largest absolute Gasteiger partial charge is 0.497 e. The van der Waals surface area contributed by atoms with Crippen molar-refractivity contribution in [1.82, 2.24) is 9.55 Å². The molecule has 0 N–H and O–H groups in total. The lowest BCUT2D eigenvalue weighted by Gasteiger charge is -2.06. The summed E-state index contributed by atoms with van der Waals surface area (Å²) < 4.78 is 13.3. The first kappa shape index (κ1) is 11.0. The van der Waals surface area contributed by atoms with E-state index in [4.69, 9.17) is 9.47 Å². The molecule has 0 saturated heterocycles. The van der Waals surface area contributed by atoms with Crippen molar-refractivity contribution < 1.29 is 9.47 Å². The molecule has 1 heterocycles. The highest BCUT2D eigenvalue weighted by atomic mass is 79.9. The van der Waals surface area contributed by atoms with Crippen LogP contribution in [-0.2, 0) is 7.05 Å². The number of hydrogen-bond donors (Lipinski definition) is 0. The van der Waals surface area contributed by atoms with Gasteiger partial charge in [0, 0.05) is 19.3 Å². The van der Waals surface area contributed by atoms with Crippen molar-refractivity contribution in [3.63, 3.8) is 0 Å². The smallest absolute Gasteiger partial charge is 0.302 e. The Balaban J connectivity index is 2.23. The molecule has 16 heavy (non-hydrogen) atoms. The number of methoxy groups -OCH3 is 1. The van der Waals surface area contributed by atoms with Crippen LogP contribution in [0.25, 0.3) is 0 Å². The van der Waals surface area contributed by atoms with Crippen LogP contribution < -0.4 is 9.47 Å². The van der Waals surface area contributed by atoms with Gasteiger partial charge in [-0.05, 0) is 28.1 Å². The molecule has 0 aliphatic heterocycles. The Bertz CT molecular complexity index is 496. The van der Waals surface area contributed by atoms with Gasteiger partial charge in [-0.25, -0.2) is 0 Å². The molecule has 0 saturated carbocycles.